The summed E-state index contributed by atoms with van der Waals surface area (Å²) in [4.78, 5) is 0. The second-order valence-electron chi connectivity index (χ2n) is 4.65. The summed E-state index contributed by atoms with van der Waals surface area (Å²) in [5, 5.41) is 4.50. The third-order valence-electron chi connectivity index (χ3n) is 3.03. The summed E-state index contributed by atoms with van der Waals surface area (Å²) < 4.78 is 16.2. The first-order chi connectivity index (χ1) is 8.02. The van der Waals surface area contributed by atoms with Gasteiger partial charge in [0.25, 0.3) is 0 Å². The molecule has 5 heteroatoms. The molecule has 1 heterocycles. The third-order valence-corrected chi connectivity index (χ3v) is 3.33. The number of alkyl halides is 1. The second kappa shape index (κ2) is 6.36. The Morgan fingerprint density at radius 3 is 2.65 bits per heavy atom. The van der Waals surface area contributed by atoms with E-state index in [0.717, 1.165) is 6.42 Å². The lowest BCUT2D eigenvalue weighted by atomic mass is 9.89. The lowest BCUT2D eigenvalue weighted by Crippen LogP contribution is -2.26. The summed E-state index contributed by atoms with van der Waals surface area (Å²) >= 11 is 6.02. The zero-order chi connectivity index (χ0) is 13.0. The van der Waals surface area contributed by atoms with Gasteiger partial charge in [-0.3, -0.25) is 4.68 Å². The predicted molar refractivity (Wildman–Crippen MR) is 68.8 cm³/mol. The highest BCUT2D eigenvalue weighted by Crippen LogP contribution is 2.34. The second-order valence-corrected chi connectivity index (χ2v) is 5.05. The van der Waals surface area contributed by atoms with Crippen molar-refractivity contribution in [3.05, 3.63) is 16.9 Å². The van der Waals surface area contributed by atoms with E-state index in [2.05, 4.69) is 5.10 Å². The van der Waals surface area contributed by atoms with Gasteiger partial charge in [0.1, 0.15) is 6.17 Å². The van der Waals surface area contributed by atoms with Gasteiger partial charge in [-0.05, 0) is 18.9 Å². The van der Waals surface area contributed by atoms with Crippen LogP contribution in [0.25, 0.3) is 0 Å². The monoisotopic (exact) mass is 261 g/mol. The Morgan fingerprint density at radius 2 is 2.18 bits per heavy atom. The van der Waals surface area contributed by atoms with Crippen LogP contribution in [0.1, 0.15) is 39.1 Å². The van der Waals surface area contributed by atoms with Gasteiger partial charge in [0.05, 0.1) is 16.9 Å². The van der Waals surface area contributed by atoms with E-state index in [4.69, 9.17) is 17.3 Å². The Balaban J connectivity index is 3.00. The molecule has 0 aliphatic rings. The first kappa shape index (κ1) is 14.5. The largest absolute Gasteiger partial charge is 0.330 e. The molecule has 2 atom stereocenters. The molecule has 1 rings (SSSR count). The highest BCUT2D eigenvalue weighted by atomic mass is 35.5. The highest BCUT2D eigenvalue weighted by molar-refractivity contribution is 6.31. The number of halogens is 2. The molecule has 1 aromatic heterocycles. The number of hydrogen-bond acceptors (Lipinski definition) is 2. The third kappa shape index (κ3) is 3.19. The van der Waals surface area contributed by atoms with Gasteiger partial charge in [-0.15, -0.1) is 0 Å². The molecule has 0 saturated heterocycles. The highest BCUT2D eigenvalue weighted by Gasteiger charge is 2.29. The van der Waals surface area contributed by atoms with Gasteiger partial charge in [-0.1, -0.05) is 32.4 Å². The lowest BCUT2D eigenvalue weighted by Gasteiger charge is -2.24. The van der Waals surface area contributed by atoms with Gasteiger partial charge in [-0.2, -0.15) is 5.10 Å². The number of rotatable bonds is 6. The number of nitrogens with two attached hydrogens (primary N) is 1. The Bertz CT molecular complexity index is 352. The molecule has 0 saturated carbocycles. The molecule has 0 amide bonds. The molecule has 0 radical (unpaired) electrons. The molecule has 0 aromatic carbocycles. The van der Waals surface area contributed by atoms with E-state index < -0.39 is 6.17 Å². The summed E-state index contributed by atoms with van der Waals surface area (Å²) in [5.41, 5.74) is 6.11. The molecule has 0 fully saturated rings. The minimum absolute atomic E-state index is 0.177. The predicted octanol–water partition coefficient (Wildman–Crippen LogP) is 3.19. The fraction of sp³-hybridized carbons (Fsp3) is 0.750. The number of nitrogens with zero attached hydrogens (tertiary/aromatic N) is 2. The molecule has 0 spiro atoms. The molecule has 0 bridgehead atoms. The topological polar surface area (TPSA) is 43.8 Å². The molecule has 98 valence electrons. The van der Waals surface area contributed by atoms with Crippen molar-refractivity contribution in [1.82, 2.24) is 9.78 Å². The average Bonchev–Trinajstić information content (AvgIpc) is 2.60. The fourth-order valence-electron chi connectivity index (χ4n) is 1.97. The molecule has 3 nitrogen and oxygen atoms in total. The molecule has 17 heavy (non-hydrogen) atoms. The Morgan fingerprint density at radius 1 is 1.53 bits per heavy atom. The van der Waals surface area contributed by atoms with Crippen LogP contribution in [0.3, 0.4) is 0 Å². The summed E-state index contributed by atoms with van der Waals surface area (Å²) in [5.74, 6) is -0.0455. The van der Waals surface area contributed by atoms with Crippen molar-refractivity contribution in [3.8, 4) is 0 Å². The van der Waals surface area contributed by atoms with Crippen molar-refractivity contribution >= 4 is 11.6 Å². The summed E-state index contributed by atoms with van der Waals surface area (Å²) in [6.45, 7) is 6.96. The van der Waals surface area contributed by atoms with E-state index in [9.17, 15) is 4.39 Å². The van der Waals surface area contributed by atoms with E-state index >= 15 is 0 Å². The molecule has 2 N–H and O–H groups in total. The maximum Gasteiger partial charge on any atom is 0.147 e. The zero-order valence-corrected chi connectivity index (χ0v) is 11.4. The van der Waals surface area contributed by atoms with E-state index in [1.54, 1.807) is 4.68 Å². The van der Waals surface area contributed by atoms with E-state index in [-0.39, 0.29) is 11.8 Å². The standard InChI is InChI=1S/C12H21ClFN3/c1-4-5-17-12(10(13)7-16-17)11(14)9(6-15)8(2)3/h7-9,11H,4-6,15H2,1-3H3. The molecule has 0 aliphatic carbocycles. The van der Waals surface area contributed by atoms with Crippen LogP contribution in [0, 0.1) is 11.8 Å². The number of aryl methyl sites for hydroxylation is 1. The van der Waals surface area contributed by atoms with Crippen molar-refractivity contribution in [3.63, 3.8) is 0 Å². The van der Waals surface area contributed by atoms with Gasteiger partial charge in [-0.25, -0.2) is 4.39 Å². The van der Waals surface area contributed by atoms with Crippen molar-refractivity contribution in [2.24, 2.45) is 17.6 Å². The van der Waals surface area contributed by atoms with E-state index in [1.165, 1.54) is 6.20 Å². The van der Waals surface area contributed by atoms with Crippen LogP contribution in [-0.4, -0.2) is 16.3 Å². The van der Waals surface area contributed by atoms with E-state index in [0.29, 0.717) is 23.8 Å². The van der Waals surface area contributed by atoms with Crippen LogP contribution in [0.15, 0.2) is 6.20 Å². The van der Waals surface area contributed by atoms with E-state index in [1.807, 2.05) is 20.8 Å². The minimum Gasteiger partial charge on any atom is -0.330 e. The SMILES string of the molecule is CCCn1ncc(Cl)c1C(F)C(CN)C(C)C. The Labute approximate surface area is 107 Å². The maximum absolute atomic E-state index is 14.5. The van der Waals surface area contributed by atoms with Crippen LogP contribution in [0.5, 0.6) is 0 Å². The average molecular weight is 262 g/mol. The lowest BCUT2D eigenvalue weighted by molar-refractivity contribution is 0.177. The summed E-state index contributed by atoms with van der Waals surface area (Å²) in [6, 6.07) is 0. The van der Waals surface area contributed by atoms with Crippen molar-refractivity contribution in [1.29, 1.82) is 0 Å². The smallest absolute Gasteiger partial charge is 0.147 e. The quantitative estimate of drug-likeness (QED) is 0.855. The minimum atomic E-state index is -1.15. The van der Waals surface area contributed by atoms with Crippen molar-refractivity contribution < 1.29 is 4.39 Å². The van der Waals surface area contributed by atoms with Gasteiger partial charge < -0.3 is 5.73 Å². The normalized spacial score (nSPS) is 15.2. The molecular weight excluding hydrogens is 241 g/mol. The Kier molecular flexibility index (Phi) is 5.40. The first-order valence-electron chi connectivity index (χ1n) is 6.08. The van der Waals surface area contributed by atoms with Crippen LogP contribution in [0.4, 0.5) is 4.39 Å². The van der Waals surface area contributed by atoms with Crippen LogP contribution in [0.2, 0.25) is 5.02 Å². The summed E-state index contributed by atoms with van der Waals surface area (Å²) in [6.07, 6.45) is 1.25. The van der Waals surface area contributed by atoms with Gasteiger partial charge in [0.15, 0.2) is 0 Å². The van der Waals surface area contributed by atoms with Gasteiger partial charge >= 0.3 is 0 Å². The number of hydrogen-bond donors (Lipinski definition) is 1. The molecule has 1 aromatic rings. The van der Waals surface area contributed by atoms with Gasteiger partial charge in [0.2, 0.25) is 0 Å². The maximum atomic E-state index is 14.5. The van der Waals surface area contributed by atoms with Gasteiger partial charge in [0, 0.05) is 12.5 Å². The first-order valence-corrected chi connectivity index (χ1v) is 6.46. The molecular formula is C12H21ClFN3. The molecule has 2 unspecified atom stereocenters. The van der Waals surface area contributed by atoms with Crippen molar-refractivity contribution in [2.75, 3.05) is 6.54 Å². The van der Waals surface area contributed by atoms with Crippen LogP contribution >= 0.6 is 11.6 Å². The Hall–Kier alpha value is -0.610. The number of aromatic nitrogens is 2. The van der Waals surface area contributed by atoms with Crippen molar-refractivity contribution in [2.45, 2.75) is 39.9 Å². The summed E-state index contributed by atoms with van der Waals surface area (Å²) in [7, 11) is 0. The fourth-order valence-corrected chi connectivity index (χ4v) is 2.21. The molecule has 0 aliphatic heterocycles. The van der Waals surface area contributed by atoms with Crippen LogP contribution < -0.4 is 5.73 Å². The van der Waals surface area contributed by atoms with Crippen LogP contribution in [-0.2, 0) is 6.54 Å². The zero-order valence-electron chi connectivity index (χ0n) is 10.7.